The minimum absolute atomic E-state index is 0.174. The lowest BCUT2D eigenvalue weighted by atomic mass is 10.2. The maximum atomic E-state index is 12.8. The lowest BCUT2D eigenvalue weighted by Gasteiger charge is -2.02. The monoisotopic (exact) mass is 377 g/mol. The summed E-state index contributed by atoms with van der Waals surface area (Å²) < 4.78 is 14.4. The van der Waals surface area contributed by atoms with E-state index in [0.29, 0.717) is 10.1 Å². The average molecular weight is 377 g/mol. The van der Waals surface area contributed by atoms with Gasteiger partial charge in [-0.1, -0.05) is 0 Å². The average Bonchev–Trinajstić information content (AvgIpc) is 1.97. The van der Waals surface area contributed by atoms with Gasteiger partial charge in [0, 0.05) is 13.7 Å². The first kappa shape index (κ1) is 9.66. The van der Waals surface area contributed by atoms with E-state index in [0.717, 1.165) is 9.13 Å². The zero-order valence-corrected chi connectivity index (χ0v) is 9.89. The Kier molecular flexibility index (Phi) is 3.51. The molecule has 0 heterocycles. The molecule has 0 aliphatic carbocycles. The van der Waals surface area contributed by atoms with E-state index in [1.54, 1.807) is 6.07 Å². The molecule has 1 aromatic carbocycles. The highest BCUT2D eigenvalue weighted by Gasteiger charge is 2.03. The van der Waals surface area contributed by atoms with E-state index in [2.05, 4.69) is 22.6 Å². The van der Waals surface area contributed by atoms with E-state index in [4.69, 9.17) is 5.73 Å². The van der Waals surface area contributed by atoms with E-state index < -0.39 is 0 Å². The minimum Gasteiger partial charge on any atom is -0.326 e. The molecular formula is C7H6FI2N. The summed E-state index contributed by atoms with van der Waals surface area (Å²) in [7, 11) is 0. The second-order valence-corrected chi connectivity index (χ2v) is 4.39. The second-order valence-electron chi connectivity index (χ2n) is 2.06. The van der Waals surface area contributed by atoms with Gasteiger partial charge in [0.15, 0.2) is 0 Å². The predicted octanol–water partition coefficient (Wildman–Crippen LogP) is 2.49. The van der Waals surface area contributed by atoms with Crippen LogP contribution in [-0.2, 0) is 6.54 Å². The number of halogens is 3. The van der Waals surface area contributed by atoms with Crippen LogP contribution >= 0.6 is 45.2 Å². The van der Waals surface area contributed by atoms with Gasteiger partial charge in [0.05, 0.1) is 0 Å². The Bertz CT molecular complexity index is 275. The molecule has 0 aliphatic rings. The summed E-state index contributed by atoms with van der Waals surface area (Å²) in [5.41, 5.74) is 6.44. The van der Waals surface area contributed by atoms with Gasteiger partial charge in [-0.25, -0.2) is 4.39 Å². The Morgan fingerprint density at radius 1 is 1.27 bits per heavy atom. The summed E-state index contributed by atoms with van der Waals surface area (Å²) >= 11 is 4.04. The van der Waals surface area contributed by atoms with Crippen LogP contribution in [0.3, 0.4) is 0 Å². The number of nitrogens with two attached hydrogens (primary N) is 1. The normalized spacial score (nSPS) is 10.2. The number of rotatable bonds is 1. The molecule has 1 aromatic rings. The van der Waals surface area contributed by atoms with Crippen molar-refractivity contribution in [1.82, 2.24) is 0 Å². The van der Waals surface area contributed by atoms with Crippen molar-refractivity contribution < 1.29 is 4.39 Å². The van der Waals surface area contributed by atoms with E-state index in [1.807, 2.05) is 22.6 Å². The molecule has 4 heteroatoms. The van der Waals surface area contributed by atoms with Gasteiger partial charge in [0.1, 0.15) is 5.82 Å². The molecule has 1 rings (SSSR count). The summed E-state index contributed by atoms with van der Waals surface area (Å²) in [5, 5.41) is 0. The molecule has 0 saturated heterocycles. The van der Waals surface area contributed by atoms with Crippen molar-refractivity contribution in [2.24, 2.45) is 5.73 Å². The van der Waals surface area contributed by atoms with E-state index in [9.17, 15) is 4.39 Å². The molecule has 0 aromatic heterocycles. The summed E-state index contributed by atoms with van der Waals surface area (Å²) in [6.45, 7) is 0.467. The molecule has 0 atom stereocenters. The molecule has 0 unspecified atom stereocenters. The van der Waals surface area contributed by atoms with E-state index >= 15 is 0 Å². The van der Waals surface area contributed by atoms with Crippen LogP contribution in [0.2, 0.25) is 0 Å². The molecule has 60 valence electrons. The van der Waals surface area contributed by atoms with E-state index in [1.165, 1.54) is 6.07 Å². The molecule has 11 heavy (non-hydrogen) atoms. The van der Waals surface area contributed by atoms with Crippen LogP contribution in [0.5, 0.6) is 0 Å². The van der Waals surface area contributed by atoms with Crippen molar-refractivity contribution in [1.29, 1.82) is 0 Å². The number of benzene rings is 1. The summed E-state index contributed by atoms with van der Waals surface area (Å²) in [6.07, 6.45) is 0. The van der Waals surface area contributed by atoms with Crippen molar-refractivity contribution in [3.8, 4) is 0 Å². The van der Waals surface area contributed by atoms with Crippen LogP contribution in [0.1, 0.15) is 5.56 Å². The van der Waals surface area contributed by atoms with Crippen LogP contribution in [-0.4, -0.2) is 0 Å². The Morgan fingerprint density at radius 2 is 1.91 bits per heavy atom. The Labute approximate surface area is 91.8 Å². The highest BCUT2D eigenvalue weighted by Crippen LogP contribution is 2.18. The smallest absolute Gasteiger partial charge is 0.137 e. The molecule has 2 N–H and O–H groups in total. The van der Waals surface area contributed by atoms with Crippen LogP contribution in [0.4, 0.5) is 4.39 Å². The van der Waals surface area contributed by atoms with E-state index in [-0.39, 0.29) is 5.82 Å². The molecule has 0 fully saturated rings. The van der Waals surface area contributed by atoms with Crippen molar-refractivity contribution in [2.45, 2.75) is 6.54 Å². The summed E-state index contributed by atoms with van der Waals surface area (Å²) in [6, 6.07) is 3.28. The van der Waals surface area contributed by atoms with Crippen LogP contribution in [0.15, 0.2) is 12.1 Å². The number of hydrogen-bond donors (Lipinski definition) is 1. The topological polar surface area (TPSA) is 26.0 Å². The summed E-state index contributed by atoms with van der Waals surface area (Å²) in [4.78, 5) is 0. The van der Waals surface area contributed by atoms with Crippen molar-refractivity contribution in [2.75, 3.05) is 0 Å². The zero-order chi connectivity index (χ0) is 8.43. The van der Waals surface area contributed by atoms with Crippen LogP contribution < -0.4 is 5.73 Å². The molecule has 0 aliphatic heterocycles. The first-order chi connectivity index (χ1) is 5.15. The Balaban J connectivity index is 3.21. The molecule has 0 bridgehead atoms. The Hall–Kier alpha value is 0.570. The summed E-state index contributed by atoms with van der Waals surface area (Å²) in [5.74, 6) is -0.174. The van der Waals surface area contributed by atoms with Crippen molar-refractivity contribution in [3.05, 3.63) is 30.7 Å². The van der Waals surface area contributed by atoms with Gasteiger partial charge in [0.25, 0.3) is 0 Å². The minimum atomic E-state index is -0.174. The SMILES string of the molecule is NCc1cc(I)c(F)cc1I. The van der Waals surface area contributed by atoms with Gasteiger partial charge < -0.3 is 5.73 Å². The third-order valence-electron chi connectivity index (χ3n) is 1.31. The number of hydrogen-bond acceptors (Lipinski definition) is 1. The van der Waals surface area contributed by atoms with Gasteiger partial charge in [0.2, 0.25) is 0 Å². The van der Waals surface area contributed by atoms with Crippen LogP contribution in [0.25, 0.3) is 0 Å². The largest absolute Gasteiger partial charge is 0.326 e. The fourth-order valence-electron chi connectivity index (χ4n) is 0.720. The highest BCUT2D eigenvalue weighted by atomic mass is 127. The molecular weight excluding hydrogens is 371 g/mol. The molecule has 0 amide bonds. The lowest BCUT2D eigenvalue weighted by Crippen LogP contribution is -2.00. The van der Waals surface area contributed by atoms with Gasteiger partial charge in [-0.15, -0.1) is 0 Å². The van der Waals surface area contributed by atoms with Gasteiger partial charge in [-0.05, 0) is 62.9 Å². The molecule has 0 radical (unpaired) electrons. The molecule has 0 saturated carbocycles. The van der Waals surface area contributed by atoms with Crippen LogP contribution in [0, 0.1) is 13.0 Å². The highest BCUT2D eigenvalue weighted by molar-refractivity contribution is 14.1. The first-order valence-electron chi connectivity index (χ1n) is 2.98. The molecule has 1 nitrogen and oxygen atoms in total. The van der Waals surface area contributed by atoms with Gasteiger partial charge in [-0.3, -0.25) is 0 Å². The lowest BCUT2D eigenvalue weighted by molar-refractivity contribution is 0.618. The van der Waals surface area contributed by atoms with Crippen molar-refractivity contribution >= 4 is 45.2 Å². The second kappa shape index (κ2) is 3.99. The maximum Gasteiger partial charge on any atom is 0.137 e. The predicted molar refractivity (Wildman–Crippen MR) is 59.7 cm³/mol. The maximum absolute atomic E-state index is 12.8. The quantitative estimate of drug-likeness (QED) is 0.591. The zero-order valence-electron chi connectivity index (χ0n) is 5.57. The third-order valence-corrected chi connectivity index (χ3v) is 3.14. The van der Waals surface area contributed by atoms with Crippen molar-refractivity contribution in [3.63, 3.8) is 0 Å². The Morgan fingerprint density at radius 3 is 2.45 bits per heavy atom. The van der Waals surface area contributed by atoms with Gasteiger partial charge >= 0.3 is 0 Å². The van der Waals surface area contributed by atoms with Gasteiger partial charge in [-0.2, -0.15) is 0 Å². The molecule has 0 spiro atoms. The standard InChI is InChI=1S/C7H6FI2N/c8-5-2-6(9)4(3-11)1-7(5)10/h1-2H,3,11H2. The first-order valence-corrected chi connectivity index (χ1v) is 5.14. The fourth-order valence-corrected chi connectivity index (χ4v) is 1.90. The fraction of sp³-hybridized carbons (Fsp3) is 0.143. The third kappa shape index (κ3) is 2.25.